The molecule has 2 aromatic heterocycles. The van der Waals surface area contributed by atoms with E-state index < -0.39 is 0 Å². The predicted molar refractivity (Wildman–Crippen MR) is 137 cm³/mol. The van der Waals surface area contributed by atoms with Gasteiger partial charge in [-0.3, -0.25) is 4.79 Å². The Bertz CT molecular complexity index is 1340. The van der Waals surface area contributed by atoms with Crippen LogP contribution in [0.2, 0.25) is 0 Å². The van der Waals surface area contributed by atoms with Crippen LogP contribution in [0.1, 0.15) is 6.42 Å². The van der Waals surface area contributed by atoms with Crippen LogP contribution in [-0.4, -0.2) is 51.9 Å². The molecule has 1 N–H and O–H groups in total. The van der Waals surface area contributed by atoms with E-state index in [1.807, 2.05) is 78.7 Å². The molecule has 0 saturated carbocycles. The zero-order chi connectivity index (χ0) is 24.2. The van der Waals surface area contributed by atoms with Crippen molar-refractivity contribution in [1.82, 2.24) is 19.9 Å². The Kier molecular flexibility index (Phi) is 6.26. The van der Waals surface area contributed by atoms with Gasteiger partial charge >= 0.3 is 0 Å². The fraction of sp³-hybridized carbons (Fsp3) is 0.185. The third-order valence-corrected chi connectivity index (χ3v) is 6.12. The van der Waals surface area contributed by atoms with Gasteiger partial charge in [0.2, 0.25) is 5.91 Å². The molecule has 1 atom stereocenters. The van der Waals surface area contributed by atoms with Crippen molar-refractivity contribution >= 4 is 34.3 Å². The van der Waals surface area contributed by atoms with Gasteiger partial charge in [0.25, 0.3) is 0 Å². The maximum absolute atomic E-state index is 12.0. The van der Waals surface area contributed by atoms with Crippen LogP contribution in [0.25, 0.3) is 11.0 Å². The molecule has 8 nitrogen and oxygen atoms in total. The summed E-state index contributed by atoms with van der Waals surface area (Å²) >= 11 is 0. The molecule has 0 radical (unpaired) electrons. The van der Waals surface area contributed by atoms with Crippen LogP contribution >= 0.6 is 0 Å². The van der Waals surface area contributed by atoms with Crippen molar-refractivity contribution in [2.75, 3.05) is 30.4 Å². The number of fused-ring (bicyclic) bond motifs is 1. The number of para-hydroxylation sites is 1. The number of likely N-dealkylation sites (N-methyl/N-ethyl adjacent to an activating group) is 1. The summed E-state index contributed by atoms with van der Waals surface area (Å²) < 4.78 is 5.87. The minimum Gasteiger partial charge on any atom is -0.457 e. The van der Waals surface area contributed by atoms with Crippen molar-refractivity contribution in [3.05, 3.63) is 85.7 Å². The predicted octanol–water partition coefficient (Wildman–Crippen LogP) is 4.78. The summed E-state index contributed by atoms with van der Waals surface area (Å²) in [5, 5.41) is 3.35. The highest BCUT2D eigenvalue weighted by molar-refractivity contribution is 5.88. The zero-order valence-corrected chi connectivity index (χ0v) is 19.5. The van der Waals surface area contributed by atoms with Gasteiger partial charge in [0.1, 0.15) is 29.2 Å². The highest BCUT2D eigenvalue weighted by atomic mass is 16.5. The SMILES string of the molecule is C=CC(=O)N1CCC(N(C)c2ccc3ncnc(Nc4ccc(Oc5ccccc5)cc4)c3n2)C1. The summed E-state index contributed by atoms with van der Waals surface area (Å²) in [6.07, 6.45) is 3.77. The molecule has 0 spiro atoms. The number of likely N-dealkylation sites (tertiary alicyclic amines) is 1. The maximum atomic E-state index is 12.0. The fourth-order valence-corrected chi connectivity index (χ4v) is 4.16. The third kappa shape index (κ3) is 4.91. The number of benzene rings is 2. The molecule has 2 aromatic carbocycles. The van der Waals surface area contributed by atoms with Crippen LogP contribution in [0, 0.1) is 0 Å². The first-order valence-corrected chi connectivity index (χ1v) is 11.5. The van der Waals surface area contributed by atoms with Gasteiger partial charge < -0.3 is 19.9 Å². The summed E-state index contributed by atoms with van der Waals surface area (Å²) in [5.41, 5.74) is 2.29. The number of carbonyl (C=O) groups is 1. The Labute approximate surface area is 203 Å². The molecule has 176 valence electrons. The van der Waals surface area contributed by atoms with Gasteiger partial charge in [-0.25, -0.2) is 15.0 Å². The molecule has 8 heteroatoms. The summed E-state index contributed by atoms with van der Waals surface area (Å²) in [7, 11) is 2.00. The van der Waals surface area contributed by atoms with Crippen LogP contribution in [0.4, 0.5) is 17.3 Å². The van der Waals surface area contributed by atoms with E-state index >= 15 is 0 Å². The van der Waals surface area contributed by atoms with E-state index in [1.54, 1.807) is 0 Å². The molecule has 1 amide bonds. The van der Waals surface area contributed by atoms with Crippen molar-refractivity contribution in [2.24, 2.45) is 0 Å². The fourth-order valence-electron chi connectivity index (χ4n) is 4.16. The van der Waals surface area contributed by atoms with Gasteiger partial charge in [-0.05, 0) is 61.0 Å². The van der Waals surface area contributed by atoms with E-state index in [4.69, 9.17) is 9.72 Å². The topological polar surface area (TPSA) is 83.5 Å². The minimum absolute atomic E-state index is 0.0348. The van der Waals surface area contributed by atoms with E-state index in [9.17, 15) is 4.79 Å². The van der Waals surface area contributed by atoms with E-state index in [0.29, 0.717) is 24.4 Å². The molecule has 1 unspecified atom stereocenters. The lowest BCUT2D eigenvalue weighted by Gasteiger charge is -2.26. The van der Waals surface area contributed by atoms with Gasteiger partial charge in [-0.15, -0.1) is 0 Å². The number of aromatic nitrogens is 3. The highest BCUT2D eigenvalue weighted by Gasteiger charge is 2.28. The van der Waals surface area contributed by atoms with E-state index in [1.165, 1.54) is 12.4 Å². The largest absolute Gasteiger partial charge is 0.457 e. The maximum Gasteiger partial charge on any atom is 0.246 e. The van der Waals surface area contributed by atoms with Crippen molar-refractivity contribution in [3.8, 4) is 11.5 Å². The minimum atomic E-state index is -0.0348. The molecule has 3 heterocycles. The number of pyridine rings is 1. The molecule has 1 aliphatic rings. The number of carbonyl (C=O) groups excluding carboxylic acids is 1. The third-order valence-electron chi connectivity index (χ3n) is 6.12. The number of hydrogen-bond acceptors (Lipinski definition) is 7. The first-order chi connectivity index (χ1) is 17.1. The smallest absolute Gasteiger partial charge is 0.246 e. The molecule has 1 saturated heterocycles. The molecule has 0 aliphatic carbocycles. The summed E-state index contributed by atoms with van der Waals surface area (Å²) in [4.78, 5) is 29.6. The van der Waals surface area contributed by atoms with Gasteiger partial charge in [0.05, 0.1) is 5.52 Å². The quantitative estimate of drug-likeness (QED) is 0.392. The molecule has 5 rings (SSSR count). The lowest BCUT2D eigenvalue weighted by molar-refractivity contribution is -0.125. The van der Waals surface area contributed by atoms with Crippen LogP contribution in [-0.2, 0) is 4.79 Å². The lowest BCUT2D eigenvalue weighted by Crippen LogP contribution is -2.36. The van der Waals surface area contributed by atoms with Crippen LogP contribution in [0.3, 0.4) is 0 Å². The number of amides is 1. The Morgan fingerprint density at radius 2 is 1.86 bits per heavy atom. The lowest BCUT2D eigenvalue weighted by atomic mass is 10.2. The second-order valence-electron chi connectivity index (χ2n) is 8.37. The molecule has 4 aromatic rings. The number of rotatable bonds is 7. The number of anilines is 3. The van der Waals surface area contributed by atoms with Crippen molar-refractivity contribution in [2.45, 2.75) is 12.5 Å². The first kappa shape index (κ1) is 22.3. The highest BCUT2D eigenvalue weighted by Crippen LogP contribution is 2.28. The number of hydrogen-bond donors (Lipinski definition) is 1. The summed E-state index contributed by atoms with van der Waals surface area (Å²) in [5.74, 6) is 2.93. The van der Waals surface area contributed by atoms with Crippen molar-refractivity contribution in [3.63, 3.8) is 0 Å². The van der Waals surface area contributed by atoms with E-state index in [0.717, 1.165) is 34.9 Å². The molecular formula is C27H26N6O2. The average Bonchev–Trinajstić information content (AvgIpc) is 3.40. The number of ether oxygens (including phenoxy) is 1. The molecular weight excluding hydrogens is 440 g/mol. The molecule has 1 aliphatic heterocycles. The van der Waals surface area contributed by atoms with Crippen LogP contribution < -0.4 is 15.0 Å². The summed E-state index contributed by atoms with van der Waals surface area (Å²) in [6, 6.07) is 21.4. The zero-order valence-electron chi connectivity index (χ0n) is 19.5. The molecule has 0 bridgehead atoms. The average molecular weight is 467 g/mol. The number of nitrogens with one attached hydrogen (secondary N) is 1. The van der Waals surface area contributed by atoms with Crippen LogP contribution in [0.5, 0.6) is 11.5 Å². The Morgan fingerprint density at radius 1 is 1.09 bits per heavy atom. The van der Waals surface area contributed by atoms with Gasteiger partial charge in [-0.2, -0.15) is 0 Å². The Hall–Kier alpha value is -4.46. The van der Waals surface area contributed by atoms with E-state index in [-0.39, 0.29) is 11.9 Å². The van der Waals surface area contributed by atoms with Crippen molar-refractivity contribution < 1.29 is 9.53 Å². The molecule has 35 heavy (non-hydrogen) atoms. The second-order valence-corrected chi connectivity index (χ2v) is 8.37. The number of nitrogens with zero attached hydrogens (tertiary/aromatic N) is 5. The van der Waals surface area contributed by atoms with Gasteiger partial charge in [0.15, 0.2) is 5.82 Å². The standard InChI is InChI=1S/C27H26N6O2/c1-3-25(34)33-16-15-20(17-33)32(2)24-14-13-23-26(31-24)27(29-18-28-23)30-19-9-11-22(12-10-19)35-21-7-5-4-6-8-21/h3-14,18,20H,1,15-17H2,2H3,(H,28,29,30). The van der Waals surface area contributed by atoms with Crippen molar-refractivity contribution in [1.29, 1.82) is 0 Å². The Morgan fingerprint density at radius 3 is 2.63 bits per heavy atom. The Balaban J connectivity index is 1.34. The first-order valence-electron chi connectivity index (χ1n) is 11.5. The van der Waals surface area contributed by atoms with Crippen LogP contribution in [0.15, 0.2) is 85.7 Å². The second kappa shape index (κ2) is 9.80. The summed E-state index contributed by atoms with van der Waals surface area (Å²) in [6.45, 7) is 4.95. The van der Waals surface area contributed by atoms with Gasteiger partial charge in [0, 0.05) is 31.9 Å². The normalized spacial score (nSPS) is 15.1. The van der Waals surface area contributed by atoms with E-state index in [2.05, 4.69) is 26.8 Å². The molecule has 1 fully saturated rings. The monoisotopic (exact) mass is 466 g/mol. The van der Waals surface area contributed by atoms with Gasteiger partial charge in [-0.1, -0.05) is 24.8 Å².